The van der Waals surface area contributed by atoms with E-state index in [2.05, 4.69) is 15.2 Å². The highest BCUT2D eigenvalue weighted by atomic mass is 16.5. The van der Waals surface area contributed by atoms with Gasteiger partial charge in [0.2, 0.25) is 5.91 Å². The van der Waals surface area contributed by atoms with Crippen molar-refractivity contribution in [3.63, 3.8) is 0 Å². The number of carbonyl (C=O) groups is 2. The summed E-state index contributed by atoms with van der Waals surface area (Å²) >= 11 is 0. The highest BCUT2D eigenvalue weighted by molar-refractivity contribution is 5.90. The number of methoxy groups -OCH3 is 1. The van der Waals surface area contributed by atoms with Gasteiger partial charge < -0.3 is 24.9 Å². The summed E-state index contributed by atoms with van der Waals surface area (Å²) in [6.07, 6.45) is 3.95. The number of hydrogen-bond acceptors (Lipinski definition) is 6. The Hall–Kier alpha value is -2.62. The van der Waals surface area contributed by atoms with Crippen molar-refractivity contribution in [2.75, 3.05) is 53.0 Å². The van der Waals surface area contributed by atoms with E-state index >= 15 is 0 Å². The fraction of sp³-hybridized carbons (Fsp3) is 0.545. The zero-order valence-electron chi connectivity index (χ0n) is 17.8. The second-order valence-corrected chi connectivity index (χ2v) is 8.15. The van der Waals surface area contributed by atoms with E-state index in [4.69, 9.17) is 9.47 Å². The highest BCUT2D eigenvalue weighted by Crippen LogP contribution is 2.31. The fourth-order valence-corrected chi connectivity index (χ4v) is 4.43. The van der Waals surface area contributed by atoms with Crippen molar-refractivity contribution in [2.24, 2.45) is 0 Å². The Kier molecular flexibility index (Phi) is 6.74. The Labute approximate surface area is 181 Å². The van der Waals surface area contributed by atoms with Crippen LogP contribution in [0.15, 0.2) is 24.4 Å². The van der Waals surface area contributed by atoms with Crippen LogP contribution in [0.5, 0.6) is 5.75 Å². The average Bonchev–Trinajstić information content (AvgIpc) is 3.43. The number of fused-ring (bicyclic) bond motifs is 1. The lowest BCUT2D eigenvalue weighted by atomic mass is 10.0. The normalized spacial score (nSPS) is 21.3. The number of amides is 1. The smallest absolute Gasteiger partial charge is 0.325 e. The van der Waals surface area contributed by atoms with E-state index in [1.807, 2.05) is 23.1 Å². The molecule has 0 radical (unpaired) electrons. The summed E-state index contributed by atoms with van der Waals surface area (Å²) in [6, 6.07) is 4.85. The maximum Gasteiger partial charge on any atom is 0.325 e. The summed E-state index contributed by atoms with van der Waals surface area (Å²) in [5, 5.41) is 13.8. The number of nitrogens with one attached hydrogen (secondary N) is 2. The molecule has 3 heterocycles. The number of benzene rings is 1. The van der Waals surface area contributed by atoms with Crippen LogP contribution in [0.25, 0.3) is 10.9 Å². The molecule has 2 atom stereocenters. The fourth-order valence-electron chi connectivity index (χ4n) is 4.43. The molecule has 31 heavy (non-hydrogen) atoms. The molecule has 2 aliphatic rings. The number of H-pyrrole nitrogens is 1. The Morgan fingerprint density at radius 1 is 1.32 bits per heavy atom. The van der Waals surface area contributed by atoms with Gasteiger partial charge in [0, 0.05) is 62.0 Å². The third kappa shape index (κ3) is 5.00. The number of carbonyl (C=O) groups excluding carboxylic acids is 1. The number of aromatic amines is 1. The molecule has 0 aliphatic carbocycles. The van der Waals surface area contributed by atoms with Gasteiger partial charge in [0.05, 0.1) is 19.8 Å². The first kappa shape index (κ1) is 21.6. The predicted molar refractivity (Wildman–Crippen MR) is 115 cm³/mol. The number of piperazine rings is 1. The van der Waals surface area contributed by atoms with Gasteiger partial charge in [-0.25, -0.2) is 0 Å². The number of carboxylic acids is 1. The molecule has 2 aliphatic heterocycles. The summed E-state index contributed by atoms with van der Waals surface area (Å²) in [7, 11) is 1.60. The van der Waals surface area contributed by atoms with E-state index in [9.17, 15) is 14.7 Å². The molecule has 0 saturated carbocycles. The van der Waals surface area contributed by atoms with Gasteiger partial charge in [-0.05, 0) is 31.0 Å². The summed E-state index contributed by atoms with van der Waals surface area (Å²) in [5.74, 6) is -0.203. The van der Waals surface area contributed by atoms with Crippen molar-refractivity contribution in [1.29, 1.82) is 0 Å². The number of nitrogens with zero attached hydrogens (tertiary/aromatic N) is 2. The molecule has 2 unspecified atom stereocenters. The van der Waals surface area contributed by atoms with Gasteiger partial charge in [0.1, 0.15) is 11.8 Å². The Morgan fingerprint density at radius 3 is 2.81 bits per heavy atom. The van der Waals surface area contributed by atoms with Gasteiger partial charge in [0.25, 0.3) is 0 Å². The molecule has 1 aromatic heterocycles. The van der Waals surface area contributed by atoms with Gasteiger partial charge in [-0.2, -0.15) is 0 Å². The first-order valence-electron chi connectivity index (χ1n) is 10.8. The minimum absolute atomic E-state index is 0.0116. The number of aromatic nitrogens is 1. The van der Waals surface area contributed by atoms with Crippen molar-refractivity contribution in [2.45, 2.75) is 25.0 Å². The summed E-state index contributed by atoms with van der Waals surface area (Å²) in [4.78, 5) is 31.6. The van der Waals surface area contributed by atoms with E-state index in [1.54, 1.807) is 13.3 Å². The molecule has 9 heteroatoms. The summed E-state index contributed by atoms with van der Waals surface area (Å²) in [6.45, 7) is 4.09. The lowest BCUT2D eigenvalue weighted by Gasteiger charge is -2.37. The Morgan fingerprint density at radius 2 is 2.13 bits per heavy atom. The first-order valence-corrected chi connectivity index (χ1v) is 10.8. The highest BCUT2D eigenvalue weighted by Gasteiger charge is 2.32. The zero-order valence-corrected chi connectivity index (χ0v) is 17.8. The molecule has 3 N–H and O–H groups in total. The van der Waals surface area contributed by atoms with Crippen LogP contribution < -0.4 is 10.1 Å². The van der Waals surface area contributed by atoms with E-state index < -0.39 is 12.0 Å². The minimum atomic E-state index is -0.883. The Balaban J connectivity index is 1.36. The molecule has 2 fully saturated rings. The van der Waals surface area contributed by atoms with Crippen LogP contribution in [0.3, 0.4) is 0 Å². The number of rotatable bonds is 8. The number of ether oxygens (including phenoxy) is 2. The molecule has 2 saturated heterocycles. The minimum Gasteiger partial charge on any atom is -0.497 e. The van der Waals surface area contributed by atoms with Crippen molar-refractivity contribution < 1.29 is 24.2 Å². The SMILES string of the molecule is COc1ccc2[nH]cc(C(C(=O)O)N3CCN(CC(=O)NCC4CCCO4)CC3)c2c1. The quantitative estimate of drug-likeness (QED) is 0.578. The molecular weight excluding hydrogens is 400 g/mol. The van der Waals surface area contributed by atoms with E-state index in [1.165, 1.54) is 0 Å². The van der Waals surface area contributed by atoms with Gasteiger partial charge in [-0.15, -0.1) is 0 Å². The maximum atomic E-state index is 12.3. The largest absolute Gasteiger partial charge is 0.497 e. The second kappa shape index (κ2) is 9.67. The lowest BCUT2D eigenvalue weighted by Crippen LogP contribution is -2.51. The van der Waals surface area contributed by atoms with Crippen molar-refractivity contribution >= 4 is 22.8 Å². The van der Waals surface area contributed by atoms with Gasteiger partial charge in [-0.1, -0.05) is 0 Å². The van der Waals surface area contributed by atoms with Crippen molar-refractivity contribution in [3.05, 3.63) is 30.0 Å². The zero-order chi connectivity index (χ0) is 21.8. The van der Waals surface area contributed by atoms with Crippen LogP contribution in [0.2, 0.25) is 0 Å². The third-order valence-electron chi connectivity index (χ3n) is 6.14. The predicted octanol–water partition coefficient (Wildman–Crippen LogP) is 1.22. The van der Waals surface area contributed by atoms with Crippen LogP contribution in [-0.4, -0.2) is 90.9 Å². The molecule has 0 bridgehead atoms. The maximum absolute atomic E-state index is 12.3. The number of carboxylic acid groups (broad SMARTS) is 1. The van der Waals surface area contributed by atoms with Crippen molar-refractivity contribution in [3.8, 4) is 5.75 Å². The molecule has 0 spiro atoms. The standard InChI is InChI=1S/C22H30N4O5/c1-30-15-4-5-19-17(11-15)18(13-23-19)21(22(28)29)26-8-6-25(7-9-26)14-20(27)24-12-16-3-2-10-31-16/h4-5,11,13,16,21,23H,2-3,6-10,12,14H2,1H3,(H,24,27)(H,28,29). The third-order valence-corrected chi connectivity index (χ3v) is 6.14. The van der Waals surface area contributed by atoms with Crippen LogP contribution in [-0.2, 0) is 14.3 Å². The van der Waals surface area contributed by atoms with Crippen LogP contribution in [0.4, 0.5) is 0 Å². The molecule has 1 amide bonds. The van der Waals surface area contributed by atoms with E-state index in [-0.39, 0.29) is 12.0 Å². The topological polar surface area (TPSA) is 107 Å². The summed E-state index contributed by atoms with van der Waals surface area (Å²) < 4.78 is 10.8. The monoisotopic (exact) mass is 430 g/mol. The molecule has 9 nitrogen and oxygen atoms in total. The average molecular weight is 431 g/mol. The molecule has 1 aromatic carbocycles. The molecular formula is C22H30N4O5. The molecule has 4 rings (SSSR count). The Bertz CT molecular complexity index is 916. The molecule has 2 aromatic rings. The van der Waals surface area contributed by atoms with Gasteiger partial charge in [0.15, 0.2) is 0 Å². The van der Waals surface area contributed by atoms with Gasteiger partial charge >= 0.3 is 5.97 Å². The van der Waals surface area contributed by atoms with Crippen LogP contribution in [0.1, 0.15) is 24.4 Å². The summed E-state index contributed by atoms with van der Waals surface area (Å²) in [5.41, 5.74) is 1.60. The number of aliphatic carboxylic acids is 1. The lowest BCUT2D eigenvalue weighted by molar-refractivity contribution is -0.144. The first-order chi connectivity index (χ1) is 15.0. The van der Waals surface area contributed by atoms with Crippen LogP contribution >= 0.6 is 0 Å². The van der Waals surface area contributed by atoms with Gasteiger partial charge in [-0.3, -0.25) is 19.4 Å². The molecule has 168 valence electrons. The van der Waals surface area contributed by atoms with E-state index in [0.29, 0.717) is 45.0 Å². The number of hydrogen-bond donors (Lipinski definition) is 3. The second-order valence-electron chi connectivity index (χ2n) is 8.15. The van der Waals surface area contributed by atoms with Crippen molar-refractivity contribution in [1.82, 2.24) is 20.1 Å². The van der Waals surface area contributed by atoms with E-state index in [0.717, 1.165) is 35.9 Å². The van der Waals surface area contributed by atoms with Crippen LogP contribution in [0, 0.1) is 0 Å².